The van der Waals surface area contributed by atoms with Crippen LogP contribution in [0.25, 0.3) is 0 Å². The summed E-state index contributed by atoms with van der Waals surface area (Å²) in [6, 6.07) is 7.98. The third-order valence-electron chi connectivity index (χ3n) is 4.35. The predicted octanol–water partition coefficient (Wildman–Crippen LogP) is 3.21. The minimum Gasteiger partial charge on any atom is -0.479 e. The number of aliphatic carboxylic acids is 1. The minimum atomic E-state index is -1.17. The van der Waals surface area contributed by atoms with Crippen LogP contribution in [-0.4, -0.2) is 26.8 Å². The molecule has 2 aromatic rings. The fourth-order valence-corrected chi connectivity index (χ4v) is 3.03. The molecule has 1 aliphatic rings. The predicted molar refractivity (Wildman–Crippen MR) is 92.8 cm³/mol. The molecule has 2 atom stereocenters. The second-order valence-electron chi connectivity index (χ2n) is 6.53. The van der Waals surface area contributed by atoms with Crippen molar-refractivity contribution in [3.63, 3.8) is 0 Å². The number of hydrogen-bond donors (Lipinski definition) is 2. The molecule has 1 fully saturated rings. The zero-order valence-corrected chi connectivity index (χ0v) is 14.9. The molecular formula is C17H18BrN3O3. The first-order valence-electron chi connectivity index (χ1n) is 7.64. The maximum Gasteiger partial charge on any atom is 0.331 e. The number of benzene rings is 1. The first-order valence-corrected chi connectivity index (χ1v) is 8.43. The van der Waals surface area contributed by atoms with Crippen LogP contribution in [0.15, 0.2) is 41.1 Å². The Labute approximate surface area is 148 Å². The lowest BCUT2D eigenvalue weighted by Gasteiger charge is -2.19. The Hall–Kier alpha value is -2.15. The van der Waals surface area contributed by atoms with E-state index in [-0.39, 0.29) is 17.7 Å². The van der Waals surface area contributed by atoms with Gasteiger partial charge in [-0.2, -0.15) is 5.10 Å². The van der Waals surface area contributed by atoms with Gasteiger partial charge in [0.2, 0.25) is 5.91 Å². The Kier molecular flexibility index (Phi) is 4.21. The van der Waals surface area contributed by atoms with Crippen LogP contribution < -0.4 is 5.32 Å². The summed E-state index contributed by atoms with van der Waals surface area (Å²) in [5, 5.41) is 16.1. The molecule has 0 radical (unpaired) electrons. The van der Waals surface area contributed by atoms with E-state index in [0.29, 0.717) is 5.69 Å². The van der Waals surface area contributed by atoms with E-state index in [1.807, 2.05) is 24.3 Å². The van der Waals surface area contributed by atoms with Crippen LogP contribution in [0, 0.1) is 5.92 Å². The highest BCUT2D eigenvalue weighted by atomic mass is 79.9. The van der Waals surface area contributed by atoms with Crippen LogP contribution in [0.3, 0.4) is 0 Å². The largest absolute Gasteiger partial charge is 0.479 e. The lowest BCUT2D eigenvalue weighted by Crippen LogP contribution is -2.35. The lowest BCUT2D eigenvalue weighted by molar-refractivity contribution is -0.146. The molecule has 24 heavy (non-hydrogen) atoms. The van der Waals surface area contributed by atoms with Gasteiger partial charge in [-0.15, -0.1) is 0 Å². The van der Waals surface area contributed by atoms with Crippen molar-refractivity contribution in [1.29, 1.82) is 0 Å². The Morgan fingerprint density at radius 2 is 2.17 bits per heavy atom. The summed E-state index contributed by atoms with van der Waals surface area (Å²) in [5.74, 6) is -0.879. The van der Waals surface area contributed by atoms with E-state index in [2.05, 4.69) is 26.3 Å². The van der Waals surface area contributed by atoms with Crippen LogP contribution in [0.1, 0.15) is 31.7 Å². The molecule has 1 amide bonds. The van der Waals surface area contributed by atoms with Gasteiger partial charge in [-0.05, 0) is 43.9 Å². The number of aromatic nitrogens is 2. The molecule has 6 nitrogen and oxygen atoms in total. The molecule has 1 aliphatic carbocycles. The molecule has 0 saturated heterocycles. The van der Waals surface area contributed by atoms with Gasteiger partial charge in [-0.25, -0.2) is 4.79 Å². The first-order chi connectivity index (χ1) is 11.3. The van der Waals surface area contributed by atoms with Crippen LogP contribution in [0.2, 0.25) is 0 Å². The van der Waals surface area contributed by atoms with Crippen molar-refractivity contribution in [3.8, 4) is 0 Å². The second-order valence-corrected chi connectivity index (χ2v) is 7.45. The third-order valence-corrected chi connectivity index (χ3v) is 4.84. The van der Waals surface area contributed by atoms with Gasteiger partial charge in [0.05, 0.1) is 11.9 Å². The SMILES string of the molecule is CC(C)(C(=O)O)n1cc(NC(=O)C2CC2c2cccc(Br)c2)cn1. The Morgan fingerprint density at radius 3 is 2.83 bits per heavy atom. The van der Waals surface area contributed by atoms with E-state index in [1.165, 1.54) is 10.9 Å². The van der Waals surface area contributed by atoms with E-state index in [4.69, 9.17) is 0 Å². The van der Waals surface area contributed by atoms with Gasteiger partial charge in [0.25, 0.3) is 0 Å². The van der Waals surface area contributed by atoms with Crippen molar-refractivity contribution >= 4 is 33.5 Å². The fraction of sp³-hybridized carbons (Fsp3) is 0.353. The van der Waals surface area contributed by atoms with Gasteiger partial charge in [0, 0.05) is 16.6 Å². The Balaban J connectivity index is 1.65. The van der Waals surface area contributed by atoms with Crippen molar-refractivity contribution in [2.75, 3.05) is 5.32 Å². The van der Waals surface area contributed by atoms with Crippen molar-refractivity contribution in [2.24, 2.45) is 5.92 Å². The molecule has 0 aliphatic heterocycles. The monoisotopic (exact) mass is 391 g/mol. The summed E-state index contributed by atoms with van der Waals surface area (Å²) in [7, 11) is 0. The smallest absolute Gasteiger partial charge is 0.331 e. The number of hydrogen-bond acceptors (Lipinski definition) is 3. The number of nitrogens with one attached hydrogen (secondary N) is 1. The first kappa shape index (κ1) is 16.7. The highest BCUT2D eigenvalue weighted by molar-refractivity contribution is 9.10. The van der Waals surface area contributed by atoms with Gasteiger partial charge in [0.15, 0.2) is 5.54 Å². The number of carboxylic acids is 1. The highest BCUT2D eigenvalue weighted by Crippen LogP contribution is 2.48. The van der Waals surface area contributed by atoms with Crippen LogP contribution in [0.4, 0.5) is 5.69 Å². The average molecular weight is 392 g/mol. The standard InChI is InChI=1S/C17H18BrN3O3/c1-17(2,16(23)24)21-9-12(8-19-21)20-15(22)14-7-13(14)10-4-3-5-11(18)6-10/h3-6,8-9,13-14H,7H2,1-2H3,(H,20,22)(H,23,24). The van der Waals surface area contributed by atoms with E-state index >= 15 is 0 Å². The van der Waals surface area contributed by atoms with Gasteiger partial charge in [-0.3, -0.25) is 9.48 Å². The fourth-order valence-electron chi connectivity index (χ4n) is 2.62. The van der Waals surface area contributed by atoms with E-state index < -0.39 is 11.5 Å². The van der Waals surface area contributed by atoms with Crippen molar-refractivity contribution in [2.45, 2.75) is 31.7 Å². The molecular weight excluding hydrogens is 374 g/mol. The number of rotatable bonds is 5. The molecule has 1 heterocycles. The lowest BCUT2D eigenvalue weighted by atomic mass is 10.1. The molecule has 7 heteroatoms. The van der Waals surface area contributed by atoms with Crippen molar-refractivity contribution < 1.29 is 14.7 Å². The number of carbonyl (C=O) groups is 2. The number of amides is 1. The molecule has 126 valence electrons. The average Bonchev–Trinajstić information content (AvgIpc) is 3.19. The molecule has 2 unspecified atom stereocenters. The van der Waals surface area contributed by atoms with Gasteiger partial charge in [0.1, 0.15) is 0 Å². The summed E-state index contributed by atoms with van der Waals surface area (Å²) in [5.41, 5.74) is 0.489. The van der Waals surface area contributed by atoms with E-state index in [1.54, 1.807) is 20.0 Å². The van der Waals surface area contributed by atoms with Crippen LogP contribution in [-0.2, 0) is 15.1 Å². The Morgan fingerprint density at radius 1 is 1.42 bits per heavy atom. The number of halogens is 1. The number of nitrogens with zero attached hydrogens (tertiary/aromatic N) is 2. The van der Waals surface area contributed by atoms with Gasteiger partial charge < -0.3 is 10.4 Å². The quantitative estimate of drug-likeness (QED) is 0.819. The summed E-state index contributed by atoms with van der Waals surface area (Å²) >= 11 is 3.44. The zero-order valence-electron chi connectivity index (χ0n) is 13.4. The summed E-state index contributed by atoms with van der Waals surface area (Å²) in [6.45, 7) is 3.11. The van der Waals surface area contributed by atoms with E-state index in [9.17, 15) is 14.7 Å². The maximum absolute atomic E-state index is 12.4. The number of carboxylic acid groups (broad SMARTS) is 1. The molecule has 1 aromatic carbocycles. The molecule has 0 bridgehead atoms. The van der Waals surface area contributed by atoms with Crippen molar-refractivity contribution in [1.82, 2.24) is 9.78 Å². The normalized spacial score (nSPS) is 19.8. The number of anilines is 1. The van der Waals surface area contributed by atoms with Crippen LogP contribution >= 0.6 is 15.9 Å². The molecule has 0 spiro atoms. The second kappa shape index (κ2) is 6.05. The van der Waals surface area contributed by atoms with Crippen molar-refractivity contribution in [3.05, 3.63) is 46.7 Å². The Bertz CT molecular complexity index is 800. The van der Waals surface area contributed by atoms with Gasteiger partial charge >= 0.3 is 5.97 Å². The molecule has 2 N–H and O–H groups in total. The van der Waals surface area contributed by atoms with Crippen LogP contribution in [0.5, 0.6) is 0 Å². The minimum absolute atomic E-state index is 0.0601. The summed E-state index contributed by atoms with van der Waals surface area (Å²) < 4.78 is 2.34. The molecule has 1 saturated carbocycles. The van der Waals surface area contributed by atoms with E-state index in [0.717, 1.165) is 16.5 Å². The topological polar surface area (TPSA) is 84.2 Å². The summed E-state index contributed by atoms with van der Waals surface area (Å²) in [4.78, 5) is 23.6. The molecule has 1 aromatic heterocycles. The highest BCUT2D eigenvalue weighted by Gasteiger charge is 2.44. The maximum atomic E-state index is 12.4. The zero-order chi connectivity index (χ0) is 17.5. The molecule has 3 rings (SSSR count). The summed E-state index contributed by atoms with van der Waals surface area (Å²) in [6.07, 6.45) is 3.83. The van der Waals surface area contributed by atoms with Gasteiger partial charge in [-0.1, -0.05) is 28.1 Å². The number of carbonyl (C=O) groups excluding carboxylic acids is 1. The third kappa shape index (κ3) is 3.21.